The standard InChI is InChI=1S/C23H25N3O2/c1-4-28-21(27)15-25-19(13-16(2)3)14-18-11-8-12-20-24-22(23(25)26(18)20)17-9-6-5-7-10-17/h5-12,14,16H,4,13,15H2,1-3H3. The van der Waals surface area contributed by atoms with E-state index in [-0.39, 0.29) is 12.5 Å². The Labute approximate surface area is 165 Å². The van der Waals surface area contributed by atoms with E-state index < -0.39 is 0 Å². The lowest BCUT2D eigenvalue weighted by Gasteiger charge is -2.31. The van der Waals surface area contributed by atoms with E-state index in [4.69, 9.17) is 9.72 Å². The number of hydrogen-bond donors (Lipinski definition) is 0. The van der Waals surface area contributed by atoms with Crippen LogP contribution < -0.4 is 4.90 Å². The predicted molar refractivity (Wildman–Crippen MR) is 112 cm³/mol. The molecule has 3 aromatic rings. The van der Waals surface area contributed by atoms with Crippen molar-refractivity contribution >= 4 is 23.5 Å². The summed E-state index contributed by atoms with van der Waals surface area (Å²) in [5, 5.41) is 0. The molecule has 0 saturated heterocycles. The summed E-state index contributed by atoms with van der Waals surface area (Å²) in [5.41, 5.74) is 4.98. The van der Waals surface area contributed by atoms with E-state index in [9.17, 15) is 4.79 Å². The number of ether oxygens (including phenoxy) is 1. The topological polar surface area (TPSA) is 46.8 Å². The number of rotatable bonds is 6. The van der Waals surface area contributed by atoms with Crippen LogP contribution in [0.3, 0.4) is 0 Å². The van der Waals surface area contributed by atoms with Gasteiger partial charge in [-0.05, 0) is 37.5 Å². The number of anilines is 1. The van der Waals surface area contributed by atoms with Crippen LogP contribution in [0.25, 0.3) is 23.0 Å². The molecule has 0 saturated carbocycles. The number of imidazole rings is 1. The summed E-state index contributed by atoms with van der Waals surface area (Å²) >= 11 is 0. The minimum absolute atomic E-state index is 0.175. The average Bonchev–Trinajstić information content (AvgIpc) is 3.06. The largest absolute Gasteiger partial charge is 0.465 e. The minimum Gasteiger partial charge on any atom is -0.465 e. The van der Waals surface area contributed by atoms with E-state index in [0.29, 0.717) is 12.5 Å². The highest BCUT2D eigenvalue weighted by Gasteiger charge is 2.29. The molecule has 0 fully saturated rings. The van der Waals surface area contributed by atoms with Crippen molar-refractivity contribution in [2.24, 2.45) is 5.92 Å². The summed E-state index contributed by atoms with van der Waals surface area (Å²) < 4.78 is 7.40. The SMILES string of the molecule is CCOC(=O)CN1C(CC(C)C)=Cc2cccc3nc(-c4ccccc4)c1n23. The monoisotopic (exact) mass is 375 g/mol. The first kappa shape index (κ1) is 18.3. The summed E-state index contributed by atoms with van der Waals surface area (Å²) in [6, 6.07) is 16.3. The van der Waals surface area contributed by atoms with E-state index in [0.717, 1.165) is 40.5 Å². The van der Waals surface area contributed by atoms with Crippen molar-refractivity contribution in [1.29, 1.82) is 0 Å². The van der Waals surface area contributed by atoms with Gasteiger partial charge in [-0.2, -0.15) is 0 Å². The van der Waals surface area contributed by atoms with Crippen LogP contribution in [0.1, 0.15) is 32.9 Å². The fourth-order valence-electron chi connectivity index (χ4n) is 3.74. The summed E-state index contributed by atoms with van der Waals surface area (Å²) in [6.07, 6.45) is 3.03. The van der Waals surface area contributed by atoms with Crippen molar-refractivity contribution in [3.63, 3.8) is 0 Å². The number of carbonyl (C=O) groups excluding carboxylic acids is 1. The highest BCUT2D eigenvalue weighted by Crippen LogP contribution is 2.39. The van der Waals surface area contributed by atoms with Gasteiger partial charge >= 0.3 is 5.97 Å². The Morgan fingerprint density at radius 3 is 2.61 bits per heavy atom. The molecule has 2 aromatic heterocycles. The molecule has 0 atom stereocenters. The number of allylic oxidation sites excluding steroid dienone is 1. The Balaban J connectivity index is 1.92. The minimum atomic E-state index is -0.231. The van der Waals surface area contributed by atoms with Gasteiger partial charge in [0.15, 0.2) is 0 Å². The quantitative estimate of drug-likeness (QED) is 0.582. The van der Waals surface area contributed by atoms with Gasteiger partial charge in [-0.15, -0.1) is 0 Å². The molecule has 0 radical (unpaired) electrons. The third-order valence-electron chi connectivity index (χ3n) is 4.82. The second-order valence-electron chi connectivity index (χ2n) is 7.42. The average molecular weight is 375 g/mol. The lowest BCUT2D eigenvalue weighted by molar-refractivity contribution is -0.141. The van der Waals surface area contributed by atoms with E-state index in [2.05, 4.69) is 47.4 Å². The third kappa shape index (κ3) is 3.28. The summed E-state index contributed by atoms with van der Waals surface area (Å²) in [7, 11) is 0. The highest BCUT2D eigenvalue weighted by atomic mass is 16.5. The predicted octanol–water partition coefficient (Wildman–Crippen LogP) is 4.77. The number of nitrogens with zero attached hydrogens (tertiary/aromatic N) is 3. The zero-order valence-electron chi connectivity index (χ0n) is 16.6. The maximum atomic E-state index is 12.4. The zero-order chi connectivity index (χ0) is 19.7. The van der Waals surface area contributed by atoms with Gasteiger partial charge in [-0.1, -0.05) is 50.2 Å². The molecular formula is C23H25N3O2. The first-order chi connectivity index (χ1) is 13.6. The fraction of sp³-hybridized carbons (Fsp3) is 0.304. The third-order valence-corrected chi connectivity index (χ3v) is 4.82. The number of carbonyl (C=O) groups is 1. The maximum Gasteiger partial charge on any atom is 0.326 e. The molecule has 0 bridgehead atoms. The van der Waals surface area contributed by atoms with Gasteiger partial charge in [0.05, 0.1) is 12.3 Å². The maximum absolute atomic E-state index is 12.4. The molecule has 1 aliphatic rings. The molecule has 0 N–H and O–H groups in total. The summed E-state index contributed by atoms with van der Waals surface area (Å²) in [5.74, 6) is 1.17. The van der Waals surface area contributed by atoms with Gasteiger partial charge in [0.1, 0.15) is 23.7 Å². The molecule has 0 unspecified atom stereocenters. The molecule has 3 heterocycles. The molecule has 1 aromatic carbocycles. The summed E-state index contributed by atoms with van der Waals surface area (Å²) in [4.78, 5) is 19.4. The Morgan fingerprint density at radius 2 is 1.89 bits per heavy atom. The van der Waals surface area contributed by atoms with Gasteiger partial charge in [-0.3, -0.25) is 9.20 Å². The number of pyridine rings is 1. The van der Waals surface area contributed by atoms with Crippen LogP contribution in [0.15, 0.2) is 54.2 Å². The van der Waals surface area contributed by atoms with Crippen molar-refractivity contribution < 1.29 is 9.53 Å². The van der Waals surface area contributed by atoms with E-state index in [1.165, 1.54) is 0 Å². The molecule has 28 heavy (non-hydrogen) atoms. The first-order valence-corrected chi connectivity index (χ1v) is 9.79. The molecular weight excluding hydrogens is 350 g/mol. The number of aromatic nitrogens is 2. The van der Waals surface area contributed by atoms with Crippen LogP contribution in [0.5, 0.6) is 0 Å². The van der Waals surface area contributed by atoms with Crippen LogP contribution in [-0.4, -0.2) is 28.5 Å². The van der Waals surface area contributed by atoms with Gasteiger partial charge in [-0.25, -0.2) is 4.98 Å². The summed E-state index contributed by atoms with van der Waals surface area (Å²) in [6.45, 7) is 6.76. The first-order valence-electron chi connectivity index (χ1n) is 9.79. The van der Waals surface area contributed by atoms with E-state index in [1.54, 1.807) is 0 Å². The molecule has 0 amide bonds. The Bertz CT molecular complexity index is 1030. The van der Waals surface area contributed by atoms with E-state index in [1.807, 2.05) is 37.3 Å². The van der Waals surface area contributed by atoms with Gasteiger partial charge in [0, 0.05) is 11.3 Å². The highest BCUT2D eigenvalue weighted by molar-refractivity contribution is 5.87. The molecule has 4 rings (SSSR count). The van der Waals surface area contributed by atoms with Crippen LogP contribution in [0.2, 0.25) is 0 Å². The molecule has 5 nitrogen and oxygen atoms in total. The van der Waals surface area contributed by atoms with Crippen molar-refractivity contribution in [2.45, 2.75) is 27.2 Å². The molecule has 0 spiro atoms. The Kier molecular flexibility index (Phi) is 4.90. The lowest BCUT2D eigenvalue weighted by Crippen LogP contribution is -2.34. The number of benzene rings is 1. The normalized spacial score (nSPS) is 13.1. The van der Waals surface area contributed by atoms with Crippen LogP contribution in [0.4, 0.5) is 5.82 Å². The van der Waals surface area contributed by atoms with Gasteiger partial charge in [0.25, 0.3) is 0 Å². The molecule has 1 aliphatic heterocycles. The van der Waals surface area contributed by atoms with Crippen molar-refractivity contribution in [3.05, 3.63) is 59.9 Å². The molecule has 144 valence electrons. The smallest absolute Gasteiger partial charge is 0.326 e. The van der Waals surface area contributed by atoms with Crippen molar-refractivity contribution in [2.75, 3.05) is 18.1 Å². The zero-order valence-corrected chi connectivity index (χ0v) is 16.6. The Hall–Kier alpha value is -3.08. The van der Waals surface area contributed by atoms with Gasteiger partial charge in [0.2, 0.25) is 0 Å². The lowest BCUT2D eigenvalue weighted by atomic mass is 10.0. The number of esters is 1. The van der Waals surface area contributed by atoms with E-state index >= 15 is 0 Å². The van der Waals surface area contributed by atoms with Crippen molar-refractivity contribution in [1.82, 2.24) is 9.38 Å². The second-order valence-corrected chi connectivity index (χ2v) is 7.42. The molecule has 0 aliphatic carbocycles. The van der Waals surface area contributed by atoms with Crippen LogP contribution in [0, 0.1) is 5.92 Å². The second kappa shape index (κ2) is 7.50. The van der Waals surface area contributed by atoms with Crippen LogP contribution in [-0.2, 0) is 9.53 Å². The number of hydrogen-bond acceptors (Lipinski definition) is 4. The fourth-order valence-corrected chi connectivity index (χ4v) is 3.74. The molecule has 5 heteroatoms. The van der Waals surface area contributed by atoms with Crippen LogP contribution >= 0.6 is 0 Å². The Morgan fingerprint density at radius 1 is 1.11 bits per heavy atom. The van der Waals surface area contributed by atoms with Gasteiger partial charge < -0.3 is 9.64 Å². The van der Waals surface area contributed by atoms with Crippen molar-refractivity contribution in [3.8, 4) is 11.3 Å².